The Hall–Kier alpha value is -2.17. The van der Waals surface area contributed by atoms with E-state index in [0.29, 0.717) is 18.8 Å². The highest BCUT2D eigenvalue weighted by Gasteiger charge is 2.43. The van der Waals surface area contributed by atoms with E-state index in [-0.39, 0.29) is 22.2 Å². The van der Waals surface area contributed by atoms with Crippen molar-refractivity contribution in [3.05, 3.63) is 45.5 Å². The predicted octanol–water partition coefficient (Wildman–Crippen LogP) is 5.71. The Kier molecular flexibility index (Phi) is 8.82. The van der Waals surface area contributed by atoms with E-state index >= 15 is 0 Å². The van der Waals surface area contributed by atoms with Crippen molar-refractivity contribution in [2.45, 2.75) is 57.8 Å². The maximum absolute atomic E-state index is 14.2. The standard InChI is InChI=1S/C23H27Cl2F3N4O3/c1-13-4-6-15(7-5-13)32-21(23(26,27)28)16(8-30-32)22(34)31(14(2)12-35-3)11-19(33)20-17(24)9-29-10-18(20)25/h8-10,13-15H,4-7,11-12H2,1-3H3. The first-order valence-electron chi connectivity index (χ1n) is 11.2. The van der Waals surface area contributed by atoms with E-state index in [1.54, 1.807) is 6.92 Å². The monoisotopic (exact) mass is 534 g/mol. The number of carbonyl (C=O) groups is 2. The Morgan fingerprint density at radius 3 is 2.31 bits per heavy atom. The molecule has 0 spiro atoms. The van der Waals surface area contributed by atoms with Crippen LogP contribution >= 0.6 is 23.2 Å². The van der Waals surface area contributed by atoms with Crippen LogP contribution in [0.1, 0.15) is 72.0 Å². The van der Waals surface area contributed by atoms with E-state index < -0.39 is 47.8 Å². The van der Waals surface area contributed by atoms with Crippen LogP contribution in [0.25, 0.3) is 0 Å². The van der Waals surface area contributed by atoms with Crippen LogP contribution in [0.2, 0.25) is 10.0 Å². The molecular formula is C23H27Cl2F3N4O3. The van der Waals surface area contributed by atoms with Gasteiger partial charge in [-0.3, -0.25) is 19.3 Å². The van der Waals surface area contributed by atoms with Gasteiger partial charge in [-0.05, 0) is 38.5 Å². The fourth-order valence-corrected chi connectivity index (χ4v) is 4.97. The maximum atomic E-state index is 14.2. The SMILES string of the molecule is COCC(C)N(CC(=O)c1c(Cl)cncc1Cl)C(=O)c1cnn(C2CCC(C)CC2)c1C(F)(F)F. The van der Waals surface area contributed by atoms with Gasteiger partial charge in [0.2, 0.25) is 0 Å². The molecule has 0 aromatic carbocycles. The summed E-state index contributed by atoms with van der Waals surface area (Å²) in [4.78, 5) is 31.3. The van der Waals surface area contributed by atoms with Gasteiger partial charge in [-0.25, -0.2) is 0 Å². The summed E-state index contributed by atoms with van der Waals surface area (Å²) >= 11 is 12.1. The van der Waals surface area contributed by atoms with Crippen molar-refractivity contribution in [2.75, 3.05) is 20.3 Å². The maximum Gasteiger partial charge on any atom is 0.433 e. The molecule has 2 heterocycles. The molecule has 3 rings (SSSR count). The van der Waals surface area contributed by atoms with Crippen LogP contribution in [0.15, 0.2) is 18.6 Å². The Labute approximate surface area is 211 Å². The highest BCUT2D eigenvalue weighted by atomic mass is 35.5. The molecule has 1 unspecified atom stereocenters. The second kappa shape index (κ2) is 11.3. The van der Waals surface area contributed by atoms with Gasteiger partial charge in [0, 0.05) is 19.5 Å². The molecule has 1 amide bonds. The molecule has 0 aliphatic heterocycles. The minimum atomic E-state index is -4.82. The molecule has 7 nitrogen and oxygen atoms in total. The largest absolute Gasteiger partial charge is 0.433 e. The predicted molar refractivity (Wildman–Crippen MR) is 125 cm³/mol. The Bertz CT molecular complexity index is 1050. The van der Waals surface area contributed by atoms with Crippen molar-refractivity contribution in [1.29, 1.82) is 0 Å². The number of ketones is 1. The molecule has 2 aromatic rings. The van der Waals surface area contributed by atoms with E-state index in [1.807, 2.05) is 0 Å². The summed E-state index contributed by atoms with van der Waals surface area (Å²) in [6, 6.07) is -1.18. The van der Waals surface area contributed by atoms with Gasteiger partial charge in [-0.15, -0.1) is 0 Å². The summed E-state index contributed by atoms with van der Waals surface area (Å²) in [5.74, 6) is -1.19. The zero-order valence-corrected chi connectivity index (χ0v) is 21.1. The van der Waals surface area contributed by atoms with Crippen molar-refractivity contribution in [3.63, 3.8) is 0 Å². The molecule has 1 aliphatic carbocycles. The molecule has 1 fully saturated rings. The molecule has 12 heteroatoms. The lowest BCUT2D eigenvalue weighted by Gasteiger charge is -2.30. The van der Waals surface area contributed by atoms with E-state index in [0.717, 1.165) is 28.6 Å². The Morgan fingerprint density at radius 1 is 1.17 bits per heavy atom. The molecule has 0 saturated heterocycles. The molecular weight excluding hydrogens is 508 g/mol. The first-order valence-corrected chi connectivity index (χ1v) is 12.0. The molecule has 0 N–H and O–H groups in total. The lowest BCUT2D eigenvalue weighted by Crippen LogP contribution is -2.44. The molecule has 2 aromatic heterocycles. The average Bonchev–Trinajstić information content (AvgIpc) is 3.23. The minimum absolute atomic E-state index is 0.00711. The number of pyridine rings is 1. The number of methoxy groups -OCH3 is 1. The van der Waals surface area contributed by atoms with Crippen LogP contribution < -0.4 is 0 Å². The Morgan fingerprint density at radius 2 is 1.77 bits per heavy atom. The molecule has 1 aliphatic rings. The molecule has 1 saturated carbocycles. The van der Waals surface area contributed by atoms with Crippen molar-refractivity contribution in [2.24, 2.45) is 5.92 Å². The van der Waals surface area contributed by atoms with Gasteiger partial charge < -0.3 is 9.64 Å². The summed E-state index contributed by atoms with van der Waals surface area (Å²) < 4.78 is 48.7. The number of hydrogen-bond donors (Lipinski definition) is 0. The van der Waals surface area contributed by atoms with Crippen molar-refractivity contribution < 1.29 is 27.5 Å². The summed E-state index contributed by atoms with van der Waals surface area (Å²) in [6.45, 7) is 3.07. The van der Waals surface area contributed by atoms with Crippen LogP contribution in [-0.2, 0) is 10.9 Å². The van der Waals surface area contributed by atoms with Crippen LogP contribution in [0.3, 0.4) is 0 Å². The lowest BCUT2D eigenvalue weighted by molar-refractivity contribution is -0.145. The normalized spacial score (nSPS) is 19.4. The van der Waals surface area contributed by atoms with Gasteiger partial charge >= 0.3 is 6.18 Å². The first kappa shape index (κ1) is 27.4. The van der Waals surface area contributed by atoms with E-state index in [4.69, 9.17) is 27.9 Å². The van der Waals surface area contributed by atoms with E-state index in [9.17, 15) is 22.8 Å². The van der Waals surface area contributed by atoms with Crippen molar-refractivity contribution in [3.8, 4) is 0 Å². The molecule has 0 radical (unpaired) electrons. The number of alkyl halides is 3. The highest BCUT2D eigenvalue weighted by Crippen LogP contribution is 2.39. The fourth-order valence-electron chi connectivity index (χ4n) is 4.39. The number of aromatic nitrogens is 3. The molecule has 1 atom stereocenters. The molecule has 192 valence electrons. The zero-order valence-electron chi connectivity index (χ0n) is 19.6. The molecule has 35 heavy (non-hydrogen) atoms. The topological polar surface area (TPSA) is 77.3 Å². The van der Waals surface area contributed by atoms with Crippen LogP contribution in [-0.4, -0.2) is 57.7 Å². The summed E-state index contributed by atoms with van der Waals surface area (Å²) in [5, 5.41) is 3.94. The minimum Gasteiger partial charge on any atom is -0.383 e. The average molecular weight is 535 g/mol. The van der Waals surface area contributed by atoms with Gasteiger partial charge in [0.05, 0.1) is 52.6 Å². The number of amides is 1. The first-order chi connectivity index (χ1) is 16.5. The van der Waals surface area contributed by atoms with Crippen molar-refractivity contribution >= 4 is 34.9 Å². The number of nitrogens with zero attached hydrogens (tertiary/aromatic N) is 4. The molecule has 0 bridgehead atoms. The van der Waals surface area contributed by atoms with Gasteiger partial charge in [-0.2, -0.15) is 18.3 Å². The summed E-state index contributed by atoms with van der Waals surface area (Å²) in [7, 11) is 1.39. The van der Waals surface area contributed by atoms with E-state index in [1.165, 1.54) is 19.5 Å². The number of ether oxygens (including phenoxy) is 1. The third-order valence-electron chi connectivity index (χ3n) is 6.27. The lowest BCUT2D eigenvalue weighted by atomic mass is 9.87. The van der Waals surface area contributed by atoms with Gasteiger partial charge in [0.15, 0.2) is 11.5 Å². The highest BCUT2D eigenvalue weighted by molar-refractivity contribution is 6.39. The summed E-state index contributed by atoms with van der Waals surface area (Å²) in [6.07, 6.45) is 1.22. The Balaban J connectivity index is 1.99. The number of halogens is 5. The van der Waals surface area contributed by atoms with Crippen LogP contribution in [0, 0.1) is 5.92 Å². The number of hydrogen-bond acceptors (Lipinski definition) is 5. The van der Waals surface area contributed by atoms with Crippen LogP contribution in [0.5, 0.6) is 0 Å². The zero-order chi connectivity index (χ0) is 25.9. The van der Waals surface area contributed by atoms with Gasteiger partial charge in [-0.1, -0.05) is 30.1 Å². The summed E-state index contributed by atoms with van der Waals surface area (Å²) in [5.41, 5.74) is -1.78. The third kappa shape index (κ3) is 6.16. The van der Waals surface area contributed by atoms with Gasteiger partial charge in [0.25, 0.3) is 5.91 Å². The third-order valence-corrected chi connectivity index (χ3v) is 6.85. The van der Waals surface area contributed by atoms with Crippen LogP contribution in [0.4, 0.5) is 13.2 Å². The second-order valence-electron chi connectivity index (χ2n) is 8.90. The smallest absolute Gasteiger partial charge is 0.383 e. The van der Waals surface area contributed by atoms with E-state index in [2.05, 4.69) is 17.0 Å². The van der Waals surface area contributed by atoms with Gasteiger partial charge in [0.1, 0.15) is 0 Å². The second-order valence-corrected chi connectivity index (χ2v) is 9.72. The van der Waals surface area contributed by atoms with Crippen molar-refractivity contribution in [1.82, 2.24) is 19.7 Å². The number of carbonyl (C=O) groups excluding carboxylic acids is 2. The number of rotatable bonds is 8. The fraction of sp³-hybridized carbons (Fsp3) is 0.565. The number of Topliss-reactive ketones (excluding diaryl/α,β-unsaturated/α-hetero) is 1. The quantitative estimate of drug-likeness (QED) is 0.405.